The normalized spacial score (nSPS) is 10.6. The van der Waals surface area contributed by atoms with Crippen molar-refractivity contribution in [1.29, 1.82) is 0 Å². The van der Waals surface area contributed by atoms with Crippen molar-refractivity contribution in [1.82, 2.24) is 0 Å². The highest BCUT2D eigenvalue weighted by Crippen LogP contribution is 2.01. The van der Waals surface area contributed by atoms with Crippen LogP contribution in [0.1, 0.15) is 25.3 Å². The van der Waals surface area contributed by atoms with Gasteiger partial charge >= 0.3 is 0 Å². The zero-order valence-corrected chi connectivity index (χ0v) is 6.88. The Bertz CT molecular complexity index is 209. The Morgan fingerprint density at radius 2 is 2.36 bits per heavy atom. The maximum Gasteiger partial charge on any atom is -0.0106 e. The maximum atomic E-state index is 3.14. The molecule has 0 saturated carbocycles. The number of unbranched alkanes of at least 4 members (excludes halogenated alkanes) is 1. The first kappa shape index (κ1) is 8.06. The summed E-state index contributed by atoms with van der Waals surface area (Å²) in [6, 6.07) is 11.2. The van der Waals surface area contributed by atoms with Gasteiger partial charge in [0.15, 0.2) is 0 Å². The van der Waals surface area contributed by atoms with Crippen LogP contribution in [0.3, 0.4) is 0 Å². The number of hydrogen-bond donors (Lipinski definition) is 0. The highest BCUT2D eigenvalue weighted by Gasteiger charge is 1.81. The van der Waals surface area contributed by atoms with Gasteiger partial charge in [0.05, 0.1) is 0 Å². The lowest BCUT2D eigenvalue weighted by molar-refractivity contribution is 0.962. The van der Waals surface area contributed by atoms with Crippen LogP contribution in [-0.4, -0.2) is 0 Å². The smallest absolute Gasteiger partial charge is 0.0106 e. The first-order valence-electron chi connectivity index (χ1n) is 4.06. The molecule has 0 fully saturated rings. The van der Waals surface area contributed by atoms with Crippen molar-refractivity contribution in [3.8, 4) is 0 Å². The minimum Gasteiger partial charge on any atom is -0.0839 e. The third-order valence-corrected chi connectivity index (χ3v) is 1.49. The first-order valence-corrected chi connectivity index (χ1v) is 4.06. The molecule has 0 spiro atoms. The van der Waals surface area contributed by atoms with E-state index in [1.165, 1.54) is 12.0 Å². The van der Waals surface area contributed by atoms with Gasteiger partial charge in [0.1, 0.15) is 0 Å². The molecule has 0 aliphatic carbocycles. The molecule has 0 heterocycles. The lowest BCUT2D eigenvalue weighted by Crippen LogP contribution is -1.68. The van der Waals surface area contributed by atoms with Gasteiger partial charge in [0.25, 0.3) is 0 Å². The van der Waals surface area contributed by atoms with E-state index in [1.54, 1.807) is 0 Å². The van der Waals surface area contributed by atoms with E-state index in [1.807, 2.05) is 18.2 Å². The monoisotopic (exact) mass is 145 g/mol. The van der Waals surface area contributed by atoms with Gasteiger partial charge in [-0.25, -0.2) is 0 Å². The molecule has 1 aromatic rings. The average Bonchev–Trinajstić information content (AvgIpc) is 2.07. The summed E-state index contributed by atoms with van der Waals surface area (Å²) in [6.07, 6.45) is 6.67. The second kappa shape index (κ2) is 4.73. The maximum absolute atomic E-state index is 3.14. The summed E-state index contributed by atoms with van der Waals surface area (Å²) >= 11 is 0. The largest absolute Gasteiger partial charge is 0.0839 e. The van der Waals surface area contributed by atoms with Crippen molar-refractivity contribution in [2.24, 2.45) is 0 Å². The molecular weight excluding hydrogens is 132 g/mol. The van der Waals surface area contributed by atoms with Gasteiger partial charge in [0, 0.05) is 0 Å². The van der Waals surface area contributed by atoms with Crippen molar-refractivity contribution in [3.05, 3.63) is 42.0 Å². The van der Waals surface area contributed by atoms with E-state index in [0.29, 0.717) is 0 Å². The van der Waals surface area contributed by atoms with Gasteiger partial charge in [-0.1, -0.05) is 49.8 Å². The van der Waals surface area contributed by atoms with Crippen LogP contribution in [0.2, 0.25) is 0 Å². The average molecular weight is 145 g/mol. The van der Waals surface area contributed by atoms with Crippen LogP contribution in [0.15, 0.2) is 30.3 Å². The minimum atomic E-state index is 1.16. The summed E-state index contributed by atoms with van der Waals surface area (Å²) in [7, 11) is 0. The van der Waals surface area contributed by atoms with Gasteiger partial charge in [-0.2, -0.15) is 0 Å². The van der Waals surface area contributed by atoms with E-state index in [4.69, 9.17) is 0 Å². The molecule has 0 aromatic heterocycles. The molecule has 0 nitrogen and oxygen atoms in total. The summed E-state index contributed by atoms with van der Waals surface area (Å²) in [5, 5.41) is 0. The van der Waals surface area contributed by atoms with E-state index >= 15 is 0 Å². The van der Waals surface area contributed by atoms with Crippen LogP contribution in [-0.2, 0) is 0 Å². The predicted molar refractivity (Wildman–Crippen MR) is 49.2 cm³/mol. The van der Waals surface area contributed by atoms with Crippen LogP contribution < -0.4 is 0 Å². The van der Waals surface area contributed by atoms with E-state index in [-0.39, 0.29) is 0 Å². The fourth-order valence-electron chi connectivity index (χ4n) is 0.888. The fraction of sp³-hybridized carbons (Fsp3) is 0.273. The molecule has 0 saturated heterocycles. The summed E-state index contributed by atoms with van der Waals surface area (Å²) < 4.78 is 0. The quantitative estimate of drug-likeness (QED) is 0.612. The van der Waals surface area contributed by atoms with Crippen molar-refractivity contribution in [3.63, 3.8) is 0 Å². The highest BCUT2D eigenvalue weighted by atomic mass is 13.9. The number of hydrogen-bond acceptors (Lipinski definition) is 0. The molecule has 0 N–H and O–H groups in total. The molecule has 0 bridgehead atoms. The molecule has 0 unspecified atom stereocenters. The molecule has 0 heteroatoms. The van der Waals surface area contributed by atoms with Gasteiger partial charge in [-0.15, -0.1) is 0 Å². The Kier molecular flexibility index (Phi) is 3.46. The third-order valence-electron chi connectivity index (χ3n) is 1.49. The van der Waals surface area contributed by atoms with Crippen LogP contribution >= 0.6 is 0 Å². The Morgan fingerprint density at radius 1 is 1.45 bits per heavy atom. The molecule has 57 valence electrons. The van der Waals surface area contributed by atoms with E-state index < -0.39 is 0 Å². The molecular formula is C11H13. The second-order valence-corrected chi connectivity index (χ2v) is 2.51. The van der Waals surface area contributed by atoms with Gasteiger partial charge in [-0.3, -0.25) is 0 Å². The summed E-state index contributed by atoms with van der Waals surface area (Å²) in [4.78, 5) is 0. The van der Waals surface area contributed by atoms with Gasteiger partial charge in [0.2, 0.25) is 0 Å². The van der Waals surface area contributed by atoms with E-state index in [0.717, 1.165) is 6.42 Å². The lowest BCUT2D eigenvalue weighted by atomic mass is 10.2. The Hall–Kier alpha value is -1.04. The summed E-state index contributed by atoms with van der Waals surface area (Å²) in [5.41, 5.74) is 1.17. The van der Waals surface area contributed by atoms with Crippen LogP contribution in [0.25, 0.3) is 6.08 Å². The summed E-state index contributed by atoms with van der Waals surface area (Å²) in [6.45, 7) is 2.18. The zero-order chi connectivity index (χ0) is 7.94. The molecule has 11 heavy (non-hydrogen) atoms. The molecule has 1 radical (unpaired) electrons. The van der Waals surface area contributed by atoms with Crippen LogP contribution in [0, 0.1) is 6.07 Å². The fourth-order valence-corrected chi connectivity index (χ4v) is 0.888. The van der Waals surface area contributed by atoms with Crippen LogP contribution in [0.5, 0.6) is 0 Å². The van der Waals surface area contributed by atoms with Gasteiger partial charge < -0.3 is 0 Å². The van der Waals surface area contributed by atoms with E-state index in [2.05, 4.69) is 31.2 Å². The molecule has 1 rings (SSSR count). The number of rotatable bonds is 3. The predicted octanol–water partition coefficient (Wildman–Crippen LogP) is 3.30. The van der Waals surface area contributed by atoms with Crippen molar-refractivity contribution < 1.29 is 0 Å². The highest BCUT2D eigenvalue weighted by molar-refractivity contribution is 5.47. The minimum absolute atomic E-state index is 1.16. The topological polar surface area (TPSA) is 0 Å². The Balaban J connectivity index is 2.50. The molecule has 0 amide bonds. The van der Waals surface area contributed by atoms with Crippen molar-refractivity contribution >= 4 is 6.08 Å². The van der Waals surface area contributed by atoms with Gasteiger partial charge in [-0.05, 0) is 18.1 Å². The van der Waals surface area contributed by atoms with Crippen LogP contribution in [0.4, 0.5) is 0 Å². The third kappa shape index (κ3) is 3.03. The SMILES string of the molecule is CCC/C=C\c1[c]cccc1. The first-order chi connectivity index (χ1) is 5.43. The number of benzene rings is 1. The standard InChI is InChI=1S/C11H13/c1-2-3-5-8-11-9-6-4-7-10-11/h4-9H,2-3H2,1H3/b8-5-. The molecule has 1 aromatic carbocycles. The Labute approximate surface area is 68.6 Å². The van der Waals surface area contributed by atoms with Crippen molar-refractivity contribution in [2.45, 2.75) is 19.8 Å². The molecule has 0 atom stereocenters. The van der Waals surface area contributed by atoms with Crippen molar-refractivity contribution in [2.75, 3.05) is 0 Å². The molecule has 0 aliphatic heterocycles. The zero-order valence-electron chi connectivity index (χ0n) is 6.88. The Morgan fingerprint density at radius 3 is 3.00 bits per heavy atom. The summed E-state index contributed by atoms with van der Waals surface area (Å²) in [5.74, 6) is 0. The van der Waals surface area contributed by atoms with E-state index in [9.17, 15) is 0 Å². The lowest BCUT2D eigenvalue weighted by Gasteiger charge is -1.89. The molecule has 0 aliphatic rings. The number of allylic oxidation sites excluding steroid dienone is 1. The second-order valence-electron chi connectivity index (χ2n) is 2.51.